The number of hydrogen-bond acceptors (Lipinski definition) is 5. The summed E-state index contributed by atoms with van der Waals surface area (Å²) in [5, 5.41) is 11.1. The Balaban J connectivity index is 1.74. The molecule has 1 amide bonds. The van der Waals surface area contributed by atoms with E-state index in [1.54, 1.807) is 24.3 Å². The van der Waals surface area contributed by atoms with Crippen molar-refractivity contribution < 1.29 is 14.5 Å². The Morgan fingerprint density at radius 1 is 1.40 bits per heavy atom. The van der Waals surface area contributed by atoms with E-state index in [0.717, 1.165) is 37.4 Å². The Hall–Kier alpha value is -1.86. The number of nitro benzene ring substituents is 1. The van der Waals surface area contributed by atoms with Crippen LogP contribution >= 0.6 is 11.8 Å². The van der Waals surface area contributed by atoms with Gasteiger partial charge in [-0.2, -0.15) is 11.8 Å². The van der Waals surface area contributed by atoms with Gasteiger partial charge in [0.1, 0.15) is 0 Å². The fraction of sp³-hybridized carbons (Fsp3) is 0.500. The number of ether oxygens (including phenoxy) is 1. The van der Waals surface area contributed by atoms with Crippen LogP contribution in [0, 0.1) is 10.1 Å². The van der Waals surface area contributed by atoms with E-state index >= 15 is 0 Å². The topological polar surface area (TPSA) is 72.7 Å². The molecular weight excluding hydrogens is 340 g/mol. The highest BCUT2D eigenvalue weighted by Crippen LogP contribution is 2.25. The van der Waals surface area contributed by atoms with E-state index in [0.29, 0.717) is 12.1 Å². The quantitative estimate of drug-likeness (QED) is 0.442. The normalized spacial score (nSPS) is 23.2. The van der Waals surface area contributed by atoms with Crippen LogP contribution < -0.4 is 0 Å². The minimum atomic E-state index is -0.429. The summed E-state index contributed by atoms with van der Waals surface area (Å²) in [6.45, 7) is 1.36. The standard InChI is InChI=1S/C18H22N2O4S/c21-18(8-7-14-4-1-2-6-17(14)20(22)23)19(15-9-11-25-13-15)12-16-5-3-10-24-16/h1-2,4,6-8,15-16H,3,5,9-13H2/b8-7+. The molecule has 134 valence electrons. The molecule has 6 nitrogen and oxygen atoms in total. The molecule has 1 aromatic carbocycles. The number of carbonyl (C=O) groups is 1. The van der Waals surface area contributed by atoms with Gasteiger partial charge in [0.05, 0.1) is 16.6 Å². The summed E-state index contributed by atoms with van der Waals surface area (Å²) < 4.78 is 5.69. The van der Waals surface area contributed by atoms with E-state index in [4.69, 9.17) is 4.74 Å². The molecule has 2 heterocycles. The molecule has 2 fully saturated rings. The predicted molar refractivity (Wildman–Crippen MR) is 98.5 cm³/mol. The molecule has 2 unspecified atom stereocenters. The van der Waals surface area contributed by atoms with Crippen molar-refractivity contribution >= 4 is 29.4 Å². The second-order valence-electron chi connectivity index (χ2n) is 6.29. The minimum absolute atomic E-state index is 0.00801. The molecule has 2 atom stereocenters. The first-order valence-corrected chi connectivity index (χ1v) is 9.72. The van der Waals surface area contributed by atoms with Gasteiger partial charge in [-0.3, -0.25) is 14.9 Å². The van der Waals surface area contributed by atoms with Crippen LogP contribution in [0.3, 0.4) is 0 Å². The Labute approximate surface area is 151 Å². The van der Waals surface area contributed by atoms with Crippen molar-refractivity contribution in [3.05, 3.63) is 46.0 Å². The SMILES string of the molecule is O=C(/C=C/c1ccccc1[N+](=O)[O-])N(CC1CCCO1)C1CCSC1. The number of benzene rings is 1. The zero-order valence-electron chi connectivity index (χ0n) is 14.0. The number of amides is 1. The van der Waals surface area contributed by atoms with Crippen molar-refractivity contribution in [3.8, 4) is 0 Å². The highest BCUT2D eigenvalue weighted by Gasteiger charge is 2.29. The molecule has 0 N–H and O–H groups in total. The van der Waals surface area contributed by atoms with Crippen LogP contribution in [-0.4, -0.2) is 52.5 Å². The minimum Gasteiger partial charge on any atom is -0.376 e. The van der Waals surface area contributed by atoms with Gasteiger partial charge in [0.2, 0.25) is 5.91 Å². The van der Waals surface area contributed by atoms with Gasteiger partial charge in [-0.1, -0.05) is 12.1 Å². The first-order valence-electron chi connectivity index (χ1n) is 8.56. The molecule has 2 aliphatic heterocycles. The molecule has 0 spiro atoms. The number of para-hydroxylation sites is 1. The summed E-state index contributed by atoms with van der Waals surface area (Å²) >= 11 is 1.86. The van der Waals surface area contributed by atoms with Crippen LogP contribution in [0.4, 0.5) is 5.69 Å². The lowest BCUT2D eigenvalue weighted by Gasteiger charge is -2.29. The summed E-state index contributed by atoms with van der Waals surface area (Å²) in [5.41, 5.74) is 0.451. The Kier molecular flexibility index (Phi) is 6.09. The molecule has 0 bridgehead atoms. The lowest BCUT2D eigenvalue weighted by Crippen LogP contribution is -2.44. The summed E-state index contributed by atoms with van der Waals surface area (Å²) in [7, 11) is 0. The monoisotopic (exact) mass is 362 g/mol. The largest absolute Gasteiger partial charge is 0.376 e. The molecule has 25 heavy (non-hydrogen) atoms. The molecule has 2 saturated heterocycles. The van der Waals surface area contributed by atoms with Crippen LogP contribution in [0.5, 0.6) is 0 Å². The third-order valence-electron chi connectivity index (χ3n) is 4.59. The highest BCUT2D eigenvalue weighted by atomic mass is 32.2. The molecule has 0 saturated carbocycles. The van der Waals surface area contributed by atoms with Crippen LogP contribution in [0.15, 0.2) is 30.3 Å². The van der Waals surface area contributed by atoms with Crippen molar-refractivity contribution in [1.82, 2.24) is 4.90 Å². The summed E-state index contributed by atoms with van der Waals surface area (Å²) in [6.07, 6.45) is 6.12. The number of carbonyl (C=O) groups excluding carboxylic acids is 1. The van der Waals surface area contributed by atoms with Gasteiger partial charge in [-0.15, -0.1) is 0 Å². The number of nitrogens with zero attached hydrogens (tertiary/aromatic N) is 2. The Morgan fingerprint density at radius 3 is 2.92 bits per heavy atom. The molecule has 0 aliphatic carbocycles. The fourth-order valence-electron chi connectivity index (χ4n) is 3.25. The van der Waals surface area contributed by atoms with Crippen molar-refractivity contribution in [3.63, 3.8) is 0 Å². The summed E-state index contributed by atoms with van der Waals surface area (Å²) in [4.78, 5) is 25.3. The molecule has 2 aliphatic rings. The van der Waals surface area contributed by atoms with Crippen molar-refractivity contribution in [1.29, 1.82) is 0 Å². The molecule has 1 aromatic rings. The second kappa shape index (κ2) is 8.49. The van der Waals surface area contributed by atoms with Crippen molar-refractivity contribution in [2.45, 2.75) is 31.4 Å². The van der Waals surface area contributed by atoms with Crippen LogP contribution in [-0.2, 0) is 9.53 Å². The third-order valence-corrected chi connectivity index (χ3v) is 5.74. The number of rotatable bonds is 6. The van der Waals surface area contributed by atoms with E-state index in [9.17, 15) is 14.9 Å². The zero-order chi connectivity index (χ0) is 17.6. The fourth-order valence-corrected chi connectivity index (χ4v) is 4.47. The molecule has 7 heteroatoms. The average Bonchev–Trinajstić information content (AvgIpc) is 3.31. The van der Waals surface area contributed by atoms with Gasteiger partial charge >= 0.3 is 0 Å². The smallest absolute Gasteiger partial charge is 0.276 e. The van der Waals surface area contributed by atoms with Gasteiger partial charge in [0, 0.05) is 37.1 Å². The lowest BCUT2D eigenvalue weighted by molar-refractivity contribution is -0.385. The maximum absolute atomic E-state index is 12.8. The molecular formula is C18H22N2O4S. The highest BCUT2D eigenvalue weighted by molar-refractivity contribution is 7.99. The molecule has 3 rings (SSSR count). The number of nitro groups is 1. The lowest BCUT2D eigenvalue weighted by atomic mass is 10.1. The van der Waals surface area contributed by atoms with Crippen molar-refractivity contribution in [2.24, 2.45) is 0 Å². The van der Waals surface area contributed by atoms with Crippen LogP contribution in [0.2, 0.25) is 0 Å². The zero-order valence-corrected chi connectivity index (χ0v) is 14.8. The second-order valence-corrected chi connectivity index (χ2v) is 7.44. The van der Waals surface area contributed by atoms with E-state index < -0.39 is 4.92 Å². The van der Waals surface area contributed by atoms with E-state index in [1.807, 2.05) is 16.7 Å². The summed E-state index contributed by atoms with van der Waals surface area (Å²) in [5.74, 6) is 1.91. The maximum Gasteiger partial charge on any atom is 0.276 e. The Morgan fingerprint density at radius 2 is 2.24 bits per heavy atom. The number of thioether (sulfide) groups is 1. The van der Waals surface area contributed by atoms with Crippen LogP contribution in [0.1, 0.15) is 24.8 Å². The number of hydrogen-bond donors (Lipinski definition) is 0. The Bertz CT molecular complexity index is 652. The van der Waals surface area contributed by atoms with E-state index in [-0.39, 0.29) is 23.7 Å². The van der Waals surface area contributed by atoms with Gasteiger partial charge in [-0.05, 0) is 37.2 Å². The maximum atomic E-state index is 12.8. The van der Waals surface area contributed by atoms with Crippen molar-refractivity contribution in [2.75, 3.05) is 24.7 Å². The molecule has 0 aromatic heterocycles. The third kappa shape index (κ3) is 4.61. The van der Waals surface area contributed by atoms with Gasteiger partial charge in [-0.25, -0.2) is 0 Å². The van der Waals surface area contributed by atoms with Gasteiger partial charge in [0.15, 0.2) is 0 Å². The van der Waals surface area contributed by atoms with Crippen LogP contribution in [0.25, 0.3) is 6.08 Å². The van der Waals surface area contributed by atoms with Gasteiger partial charge < -0.3 is 9.64 Å². The summed E-state index contributed by atoms with van der Waals surface area (Å²) in [6, 6.07) is 6.67. The molecule has 0 radical (unpaired) electrons. The first-order chi connectivity index (χ1) is 12.1. The predicted octanol–water partition coefficient (Wildman–Crippen LogP) is 3.12. The van der Waals surface area contributed by atoms with Gasteiger partial charge in [0.25, 0.3) is 5.69 Å². The van der Waals surface area contributed by atoms with E-state index in [2.05, 4.69) is 0 Å². The average molecular weight is 362 g/mol. The first kappa shape index (κ1) is 17.9. The van der Waals surface area contributed by atoms with E-state index in [1.165, 1.54) is 12.1 Å².